The molecule has 3 aliphatic rings. The second kappa shape index (κ2) is 18.1. The van der Waals surface area contributed by atoms with Gasteiger partial charge in [0, 0.05) is 17.6 Å². The van der Waals surface area contributed by atoms with Gasteiger partial charge in [-0.05, 0) is 126 Å². The van der Waals surface area contributed by atoms with Crippen LogP contribution < -0.4 is 16.1 Å². The molecule has 16 heteroatoms. The summed E-state index contributed by atoms with van der Waals surface area (Å²) in [5, 5.41) is 5.35. The Morgan fingerprint density at radius 1 is 0.574 bits per heavy atom. The predicted octanol–water partition coefficient (Wildman–Crippen LogP) is 7.18. The van der Waals surface area contributed by atoms with E-state index < -0.39 is 27.2 Å². The normalized spacial score (nSPS) is 20.9. The summed E-state index contributed by atoms with van der Waals surface area (Å²) in [6.45, 7) is 29.5. The van der Waals surface area contributed by atoms with Crippen molar-refractivity contribution >= 4 is 54.7 Å². The van der Waals surface area contributed by atoms with Gasteiger partial charge < -0.3 is 48.0 Å². The fourth-order valence-electron chi connectivity index (χ4n) is 5.19. The van der Waals surface area contributed by atoms with E-state index in [4.69, 9.17) is 37.4 Å². The van der Waals surface area contributed by atoms with Crippen molar-refractivity contribution in [2.75, 3.05) is 13.2 Å². The summed E-state index contributed by atoms with van der Waals surface area (Å²) in [7, 11) is -1.35. The fourth-order valence-corrected chi connectivity index (χ4v) is 5.63. The maximum absolute atomic E-state index is 11.3. The highest BCUT2D eigenvalue weighted by atomic mass is 79.9. The molecule has 54 heavy (non-hydrogen) atoms. The third-order valence-corrected chi connectivity index (χ3v) is 11.0. The zero-order valence-electron chi connectivity index (χ0n) is 34.6. The summed E-state index contributed by atoms with van der Waals surface area (Å²) in [6.07, 6.45) is -0.795. The smallest absolute Gasteiger partial charge is 0.450 e. The highest BCUT2D eigenvalue weighted by Gasteiger charge is 2.63. The van der Waals surface area contributed by atoms with Gasteiger partial charge in [0.05, 0.1) is 46.8 Å². The molecule has 2 aromatic carbocycles. The molecule has 0 saturated carbocycles. The lowest BCUT2D eigenvalue weighted by Gasteiger charge is -2.32. The largest absolute Gasteiger partial charge is 0.494 e. The Balaban J connectivity index is 0.000000224. The number of nitrogens with one attached hydrogen (secondary N) is 2. The van der Waals surface area contributed by atoms with Crippen molar-refractivity contribution < 1.29 is 47.0 Å². The number of rotatable bonds is 8. The molecule has 0 unspecified atom stereocenters. The second-order valence-electron chi connectivity index (χ2n) is 16.4. The number of amides is 2. The summed E-state index contributed by atoms with van der Waals surface area (Å²) in [6, 6.07) is 15.6. The van der Waals surface area contributed by atoms with Crippen LogP contribution in [0.25, 0.3) is 0 Å². The number of carbonyl (C=O) groups excluding carboxylic acids is 2. The van der Waals surface area contributed by atoms with Crippen LogP contribution in [0.5, 0.6) is 0 Å². The number of benzene rings is 2. The number of hydrogen-bond acceptors (Lipinski definition) is 10. The van der Waals surface area contributed by atoms with E-state index in [9.17, 15) is 9.59 Å². The van der Waals surface area contributed by atoms with Crippen LogP contribution >= 0.6 is 15.9 Å². The van der Waals surface area contributed by atoms with Crippen LogP contribution in [-0.4, -0.2) is 80.1 Å². The minimum Gasteiger partial charge on any atom is -0.450 e. The first-order valence-electron chi connectivity index (χ1n) is 18.6. The first kappa shape index (κ1) is 45.8. The Morgan fingerprint density at radius 2 is 0.926 bits per heavy atom. The van der Waals surface area contributed by atoms with Gasteiger partial charge in [0.15, 0.2) is 0 Å². The Labute approximate surface area is 332 Å². The molecular weight excluding hydrogens is 757 g/mol. The number of ether oxygens (including phenoxy) is 2. The predicted molar refractivity (Wildman–Crippen MR) is 216 cm³/mol. The molecule has 5 rings (SSSR count). The van der Waals surface area contributed by atoms with Gasteiger partial charge in [0.25, 0.3) is 0 Å². The number of carbonyl (C=O) groups is 2. The minimum absolute atomic E-state index is 0.360. The summed E-state index contributed by atoms with van der Waals surface area (Å²) in [5.41, 5.74) is 0.785. The van der Waals surface area contributed by atoms with E-state index >= 15 is 0 Å². The molecule has 0 atom stereocenters. The monoisotopic (exact) mass is 816 g/mol. The summed E-state index contributed by atoms with van der Waals surface area (Å²) < 4.78 is 46.5. The fraction of sp³-hybridized carbons (Fsp3) is 0.632. The number of halogens is 1. The van der Waals surface area contributed by atoms with Crippen LogP contribution in [0.3, 0.4) is 0 Å². The molecule has 0 spiro atoms. The topological polar surface area (TPSA) is 132 Å². The van der Waals surface area contributed by atoms with E-state index in [-0.39, 0.29) is 39.7 Å². The van der Waals surface area contributed by atoms with Crippen molar-refractivity contribution in [3.8, 4) is 0 Å². The average Bonchev–Trinajstić information content (AvgIpc) is 3.53. The highest BCUT2D eigenvalue weighted by molar-refractivity contribution is 9.10. The molecule has 0 aliphatic carbocycles. The van der Waals surface area contributed by atoms with Gasteiger partial charge in [0.1, 0.15) is 0 Å². The van der Waals surface area contributed by atoms with Gasteiger partial charge in [-0.1, -0.05) is 52.3 Å². The van der Waals surface area contributed by atoms with Crippen molar-refractivity contribution in [2.24, 2.45) is 0 Å². The third-order valence-electron chi connectivity index (χ3n) is 10.6. The lowest BCUT2D eigenvalue weighted by atomic mass is 9.49. The van der Waals surface area contributed by atoms with Crippen molar-refractivity contribution in [3.05, 3.63) is 64.1 Å². The van der Waals surface area contributed by atoms with Crippen molar-refractivity contribution in [3.63, 3.8) is 0 Å². The van der Waals surface area contributed by atoms with Crippen LogP contribution in [0.2, 0.25) is 0 Å². The minimum atomic E-state index is -0.476. The van der Waals surface area contributed by atoms with Crippen LogP contribution in [0.15, 0.2) is 53.0 Å². The van der Waals surface area contributed by atoms with E-state index in [1.54, 1.807) is 13.8 Å². The van der Waals surface area contributed by atoms with E-state index in [0.717, 1.165) is 21.1 Å². The second-order valence-corrected chi connectivity index (χ2v) is 17.3. The first-order chi connectivity index (χ1) is 24.8. The van der Waals surface area contributed by atoms with Crippen LogP contribution in [0.4, 0.5) is 9.59 Å². The summed E-state index contributed by atoms with van der Waals surface area (Å²) >= 11 is 3.36. The van der Waals surface area contributed by atoms with Crippen molar-refractivity contribution in [2.45, 2.75) is 144 Å². The quantitative estimate of drug-likeness (QED) is 0.264. The Hall–Kier alpha value is -2.59. The molecule has 2 N–H and O–H groups in total. The standard InChI is InChI=1S/C16H24BNO4.C12H24B2O4.C10H12BrNO2/c1-6-20-14(19)18-11-12-8-7-9-13(10-12)17-21-15(2,3)16(4,5)22-17;1-9(2)10(3,4)16-13(15-9)14-17-11(5,6)12(7,8)18-14;1-2-14-10(13)12-7-8-4-3-5-9(11)6-8/h7-10H,6,11H2,1-5H3,(H,18,19);1-8H3;3-6H,2,7H2,1H3,(H,12,13). The summed E-state index contributed by atoms with van der Waals surface area (Å²) in [4.78, 5) is 22.3. The van der Waals surface area contributed by atoms with Crippen molar-refractivity contribution in [1.82, 2.24) is 10.6 Å². The number of hydrogen-bond donors (Lipinski definition) is 2. The Kier molecular flexibility index (Phi) is 15.4. The number of alkyl carbamates (subject to hydrolysis) is 2. The van der Waals surface area contributed by atoms with Crippen LogP contribution in [0.1, 0.15) is 108 Å². The maximum atomic E-state index is 11.3. The first-order valence-corrected chi connectivity index (χ1v) is 19.4. The van der Waals surface area contributed by atoms with Gasteiger partial charge in [0.2, 0.25) is 0 Å². The molecule has 0 aromatic heterocycles. The lowest BCUT2D eigenvalue weighted by molar-refractivity contribution is 0.00578. The lowest BCUT2D eigenvalue weighted by Crippen LogP contribution is -2.41. The van der Waals surface area contributed by atoms with E-state index in [1.807, 2.05) is 132 Å². The molecule has 3 fully saturated rings. The van der Waals surface area contributed by atoms with Gasteiger partial charge >= 0.3 is 33.3 Å². The molecule has 0 radical (unpaired) electrons. The van der Waals surface area contributed by atoms with Crippen molar-refractivity contribution in [1.29, 1.82) is 0 Å². The molecule has 12 nitrogen and oxygen atoms in total. The third kappa shape index (κ3) is 12.0. The zero-order chi connectivity index (χ0) is 40.8. The van der Waals surface area contributed by atoms with E-state index in [2.05, 4.69) is 26.6 Å². The maximum Gasteiger partial charge on any atom is 0.494 e. The molecule has 0 bridgehead atoms. The molecule has 3 saturated heterocycles. The summed E-state index contributed by atoms with van der Waals surface area (Å²) in [5.74, 6) is 0. The molecule has 298 valence electrons. The van der Waals surface area contributed by atoms with Gasteiger partial charge in [-0.2, -0.15) is 0 Å². The molecular formula is C38H60B3BrN2O10. The van der Waals surface area contributed by atoms with Gasteiger partial charge in [-0.3, -0.25) is 0 Å². The molecule has 3 heterocycles. The van der Waals surface area contributed by atoms with E-state index in [1.165, 1.54) is 0 Å². The average molecular weight is 817 g/mol. The van der Waals surface area contributed by atoms with Crippen LogP contribution in [-0.2, 0) is 50.5 Å². The molecule has 2 aromatic rings. The van der Waals surface area contributed by atoms with Gasteiger partial charge in [-0.25, -0.2) is 9.59 Å². The Morgan fingerprint density at radius 3 is 1.30 bits per heavy atom. The van der Waals surface area contributed by atoms with Crippen LogP contribution in [0, 0.1) is 0 Å². The SMILES string of the molecule is CC1(C)OB(B2OC(C)(C)C(C)(C)O2)OC1(C)C.CCOC(=O)NCc1cccc(B2OC(C)(C)C(C)(C)O2)c1.CCOC(=O)NCc1cccc(Br)c1. The van der Waals surface area contributed by atoms with E-state index in [0.29, 0.717) is 26.3 Å². The molecule has 2 amide bonds. The highest BCUT2D eigenvalue weighted by Crippen LogP contribution is 2.43. The zero-order valence-corrected chi connectivity index (χ0v) is 36.2. The Bertz CT molecular complexity index is 1490. The van der Waals surface area contributed by atoms with Gasteiger partial charge in [-0.15, -0.1) is 0 Å². The molecule has 3 aliphatic heterocycles.